The zero-order valence-corrected chi connectivity index (χ0v) is 33.6. The van der Waals surface area contributed by atoms with Crippen LogP contribution in [0.4, 0.5) is 0 Å². The molecule has 256 valence electrons. The average Bonchev–Trinajstić information content (AvgIpc) is 3.99. The van der Waals surface area contributed by atoms with Crippen LogP contribution in [0.25, 0.3) is 22.3 Å². The molecule has 0 unspecified atom stereocenters. The van der Waals surface area contributed by atoms with Gasteiger partial charge in [-0.15, -0.1) is 45.3 Å². The minimum atomic E-state index is 0.913. The number of fused-ring (bicyclic) bond motifs is 4. The summed E-state index contributed by atoms with van der Waals surface area (Å²) in [6.07, 6.45) is 17.3. The van der Waals surface area contributed by atoms with Crippen LogP contribution in [0.3, 0.4) is 0 Å². The number of nitrogens with zero attached hydrogens (tertiary/aromatic N) is 4. The molecule has 0 saturated heterocycles. The molecule has 0 radical (unpaired) electrons. The van der Waals surface area contributed by atoms with E-state index in [1.807, 2.05) is 0 Å². The largest absolute Gasteiger partial charge is 0.248 e. The predicted molar refractivity (Wildman–Crippen MR) is 229 cm³/mol. The zero-order chi connectivity index (χ0) is 36.0. The van der Waals surface area contributed by atoms with E-state index < -0.39 is 0 Å². The highest BCUT2D eigenvalue weighted by Gasteiger charge is 2.30. The molecule has 4 nitrogen and oxygen atoms in total. The molecular formula is C44H36N4S4. The monoisotopic (exact) mass is 748 g/mol. The molecule has 4 aromatic rings. The van der Waals surface area contributed by atoms with E-state index in [9.17, 15) is 0 Å². The van der Waals surface area contributed by atoms with Gasteiger partial charge in [0.25, 0.3) is 0 Å². The molecule has 0 saturated carbocycles. The van der Waals surface area contributed by atoms with Gasteiger partial charge in [0, 0.05) is 41.8 Å². The average molecular weight is 749 g/mol. The molecule has 5 aliphatic heterocycles. The lowest BCUT2D eigenvalue weighted by Crippen LogP contribution is -2.04. The van der Waals surface area contributed by atoms with Gasteiger partial charge in [-0.1, -0.05) is 0 Å². The molecule has 0 fully saturated rings. The summed E-state index contributed by atoms with van der Waals surface area (Å²) < 4.78 is 0. The third kappa shape index (κ3) is 5.18. The second-order valence-corrected chi connectivity index (χ2v) is 18.0. The molecule has 52 heavy (non-hydrogen) atoms. The van der Waals surface area contributed by atoms with Gasteiger partial charge in [0.05, 0.1) is 45.6 Å². The van der Waals surface area contributed by atoms with E-state index in [-0.39, 0.29) is 0 Å². The first-order chi connectivity index (χ1) is 25.1. The molecular weight excluding hydrogens is 713 g/mol. The molecule has 0 aliphatic carbocycles. The van der Waals surface area contributed by atoms with Gasteiger partial charge < -0.3 is 0 Å². The van der Waals surface area contributed by atoms with Gasteiger partial charge in [0.1, 0.15) is 0 Å². The molecule has 0 aromatic carbocycles. The molecule has 8 bridgehead atoms. The zero-order valence-electron chi connectivity index (χ0n) is 30.4. The summed E-state index contributed by atoms with van der Waals surface area (Å²) in [5.41, 5.74) is 21.2. The van der Waals surface area contributed by atoms with E-state index in [1.165, 1.54) is 64.0 Å². The van der Waals surface area contributed by atoms with E-state index in [1.54, 1.807) is 45.3 Å². The van der Waals surface area contributed by atoms with E-state index in [4.69, 9.17) is 20.0 Å². The van der Waals surface area contributed by atoms with Crippen LogP contribution in [0.5, 0.6) is 0 Å². The highest BCUT2D eigenvalue weighted by molar-refractivity contribution is 7.11. The fourth-order valence-electron chi connectivity index (χ4n) is 7.23. The number of hydrogen-bond acceptors (Lipinski definition) is 8. The fraction of sp³-hybridized carbons (Fsp3) is 0.182. The summed E-state index contributed by atoms with van der Waals surface area (Å²) in [6, 6.07) is 0. The Labute approximate surface area is 320 Å². The SMILES string of the molecule is Cc1scc(C2=C3C=CC(=N3)C(c3csc(C)c3C)=C3C=CC(=N3)C(c3csc(C)c3C)=C3C=CC(=N3)C(c3csc(C)c3C)=C3C=CC2=N3)c1C. The minimum Gasteiger partial charge on any atom is -0.248 e. The van der Waals surface area contributed by atoms with Gasteiger partial charge in [0.2, 0.25) is 0 Å². The normalized spacial score (nSPS) is 17.8. The molecule has 9 heterocycles. The molecule has 0 spiro atoms. The number of thiophene rings is 4. The Bertz CT molecular complexity index is 2310. The third-order valence-electron chi connectivity index (χ3n) is 10.8. The second-order valence-electron chi connectivity index (χ2n) is 13.7. The summed E-state index contributed by atoms with van der Waals surface area (Å²) in [4.78, 5) is 27.0. The number of allylic oxidation sites excluding steroid dienone is 12. The van der Waals surface area contributed by atoms with Crippen molar-refractivity contribution in [3.8, 4) is 0 Å². The fourth-order valence-corrected chi connectivity index (χ4v) is 10.7. The second kappa shape index (κ2) is 12.5. The van der Waals surface area contributed by atoms with Crippen molar-refractivity contribution in [1.82, 2.24) is 0 Å². The van der Waals surface area contributed by atoms with Crippen molar-refractivity contribution >= 4 is 90.5 Å². The van der Waals surface area contributed by atoms with Gasteiger partial charge in [-0.2, -0.15) is 0 Å². The lowest BCUT2D eigenvalue weighted by atomic mass is 9.97. The Kier molecular flexibility index (Phi) is 8.01. The maximum atomic E-state index is 5.46. The molecule has 4 aromatic heterocycles. The molecule has 0 atom stereocenters. The van der Waals surface area contributed by atoms with Crippen LogP contribution in [-0.4, -0.2) is 22.8 Å². The predicted octanol–water partition coefficient (Wildman–Crippen LogP) is 12.4. The Morgan fingerprint density at radius 2 is 0.519 bits per heavy atom. The van der Waals surface area contributed by atoms with Crippen LogP contribution < -0.4 is 0 Å². The lowest BCUT2D eigenvalue weighted by molar-refractivity contribution is 1.37. The molecule has 5 aliphatic rings. The van der Waals surface area contributed by atoms with Crippen molar-refractivity contribution in [3.05, 3.63) is 157 Å². The quantitative estimate of drug-likeness (QED) is 0.200. The smallest absolute Gasteiger partial charge is 0.0738 e. The molecule has 8 heteroatoms. The highest BCUT2D eigenvalue weighted by atomic mass is 32.1. The maximum Gasteiger partial charge on any atom is 0.0738 e. The van der Waals surface area contributed by atoms with Gasteiger partial charge >= 0.3 is 0 Å². The van der Waals surface area contributed by atoms with Crippen LogP contribution in [0.15, 0.2) is 113 Å². The van der Waals surface area contributed by atoms with Crippen LogP contribution in [0.2, 0.25) is 0 Å². The number of aliphatic imine (C=N–C) groups is 4. The van der Waals surface area contributed by atoms with Crippen molar-refractivity contribution in [2.24, 2.45) is 20.0 Å². The Morgan fingerprint density at radius 3 is 0.692 bits per heavy atom. The van der Waals surface area contributed by atoms with Crippen LogP contribution >= 0.6 is 45.3 Å². The first-order valence-corrected chi connectivity index (χ1v) is 20.9. The van der Waals surface area contributed by atoms with Crippen LogP contribution in [0, 0.1) is 55.4 Å². The summed E-state index contributed by atoms with van der Waals surface area (Å²) >= 11 is 7.11. The van der Waals surface area contributed by atoms with E-state index in [0.29, 0.717) is 0 Å². The van der Waals surface area contributed by atoms with Crippen molar-refractivity contribution in [2.75, 3.05) is 0 Å². The van der Waals surface area contributed by atoms with Crippen LogP contribution in [0.1, 0.15) is 64.0 Å². The Hall–Kier alpha value is -4.60. The summed E-state index contributed by atoms with van der Waals surface area (Å²) in [5.74, 6) is 0. The molecule has 9 rings (SSSR count). The van der Waals surface area contributed by atoms with E-state index in [2.05, 4.69) is 126 Å². The minimum absolute atomic E-state index is 0.913. The number of rotatable bonds is 4. The highest BCUT2D eigenvalue weighted by Crippen LogP contribution is 2.43. The summed E-state index contributed by atoms with van der Waals surface area (Å²) in [7, 11) is 0. The first-order valence-electron chi connectivity index (χ1n) is 17.3. The van der Waals surface area contributed by atoms with Crippen LogP contribution in [-0.2, 0) is 0 Å². The van der Waals surface area contributed by atoms with Gasteiger partial charge in [0.15, 0.2) is 0 Å². The third-order valence-corrected chi connectivity index (χ3v) is 14.9. The van der Waals surface area contributed by atoms with E-state index >= 15 is 0 Å². The van der Waals surface area contributed by atoms with Gasteiger partial charge in [-0.05, 0) is 170 Å². The Morgan fingerprint density at radius 1 is 0.308 bits per heavy atom. The van der Waals surface area contributed by atoms with Gasteiger partial charge in [-0.25, -0.2) is 20.0 Å². The first kappa shape index (κ1) is 33.3. The van der Waals surface area contributed by atoms with Crippen molar-refractivity contribution < 1.29 is 0 Å². The Balaban J connectivity index is 1.40. The topological polar surface area (TPSA) is 49.4 Å². The van der Waals surface area contributed by atoms with Gasteiger partial charge in [-0.3, -0.25) is 0 Å². The molecule has 0 amide bonds. The number of hydrogen-bond donors (Lipinski definition) is 0. The van der Waals surface area contributed by atoms with Crippen molar-refractivity contribution in [1.29, 1.82) is 0 Å². The summed E-state index contributed by atoms with van der Waals surface area (Å²) in [5, 5.41) is 9.04. The molecule has 0 N–H and O–H groups in total. The number of aryl methyl sites for hydroxylation is 4. The van der Waals surface area contributed by atoms with E-state index in [0.717, 1.165) is 67.9 Å². The lowest BCUT2D eigenvalue weighted by Gasteiger charge is -2.12. The van der Waals surface area contributed by atoms with Crippen molar-refractivity contribution in [3.63, 3.8) is 0 Å². The van der Waals surface area contributed by atoms with Crippen molar-refractivity contribution in [2.45, 2.75) is 55.4 Å². The summed E-state index contributed by atoms with van der Waals surface area (Å²) in [6.45, 7) is 17.6. The maximum absolute atomic E-state index is 5.46. The standard InChI is InChI=1S/C44H36N4S4/c1-21-25(5)49-17-29(21)41-33-9-11-35(45-33)42(30-18-50-26(6)22(30)2)37-13-15-39(47-37)44(32-20-52-28(8)24(32)4)40-16-14-38(48-40)43(36-12-10-34(41)46-36)31-19-51-27(7)23(31)3/h9-20H,1-8H3.